The first-order valence-corrected chi connectivity index (χ1v) is 8.24. The molecular weight excluding hydrogens is 252 g/mol. The van der Waals surface area contributed by atoms with Gasteiger partial charge in [-0.2, -0.15) is 0 Å². The summed E-state index contributed by atoms with van der Waals surface area (Å²) in [6, 6.07) is 1.32. The van der Waals surface area contributed by atoms with E-state index >= 15 is 0 Å². The summed E-state index contributed by atoms with van der Waals surface area (Å²) in [6.45, 7) is 4.87. The van der Waals surface area contributed by atoms with E-state index in [1.54, 1.807) is 0 Å². The highest BCUT2D eigenvalue weighted by molar-refractivity contribution is 5.78. The number of carbonyl (C=O) groups is 1. The SMILES string of the molecule is NC1CCN(CC(=O)NC2CCN3CCCCC23)CC1. The second kappa shape index (κ2) is 6.41. The van der Waals surface area contributed by atoms with E-state index in [0.29, 0.717) is 24.7 Å². The van der Waals surface area contributed by atoms with E-state index in [0.717, 1.165) is 38.9 Å². The zero-order valence-corrected chi connectivity index (χ0v) is 12.4. The van der Waals surface area contributed by atoms with E-state index < -0.39 is 0 Å². The number of rotatable bonds is 3. The van der Waals surface area contributed by atoms with Gasteiger partial charge in [-0.25, -0.2) is 0 Å². The molecule has 0 spiro atoms. The Morgan fingerprint density at radius 1 is 1.05 bits per heavy atom. The third kappa shape index (κ3) is 3.32. The molecule has 3 N–H and O–H groups in total. The number of likely N-dealkylation sites (tertiary alicyclic amines) is 1. The van der Waals surface area contributed by atoms with Gasteiger partial charge in [-0.3, -0.25) is 14.6 Å². The van der Waals surface area contributed by atoms with E-state index in [1.807, 2.05) is 0 Å². The Bertz CT molecular complexity index is 341. The van der Waals surface area contributed by atoms with Crippen LogP contribution in [0.1, 0.15) is 38.5 Å². The zero-order chi connectivity index (χ0) is 13.9. The molecule has 0 bridgehead atoms. The van der Waals surface area contributed by atoms with Crippen LogP contribution in [0, 0.1) is 0 Å². The third-order valence-electron chi connectivity index (χ3n) is 5.20. The molecule has 2 unspecified atom stereocenters. The summed E-state index contributed by atoms with van der Waals surface area (Å²) in [5.74, 6) is 0.206. The Balaban J connectivity index is 1.44. The third-order valence-corrected chi connectivity index (χ3v) is 5.20. The molecule has 0 saturated carbocycles. The molecule has 20 heavy (non-hydrogen) atoms. The highest BCUT2D eigenvalue weighted by atomic mass is 16.2. The predicted molar refractivity (Wildman–Crippen MR) is 79.4 cm³/mol. The number of nitrogens with zero attached hydrogens (tertiary/aromatic N) is 2. The minimum Gasteiger partial charge on any atom is -0.351 e. The maximum atomic E-state index is 12.2. The number of amides is 1. The quantitative estimate of drug-likeness (QED) is 0.773. The summed E-state index contributed by atoms with van der Waals surface area (Å²) in [6.07, 6.45) is 7.06. The van der Waals surface area contributed by atoms with E-state index in [1.165, 1.54) is 25.8 Å². The number of nitrogens with two attached hydrogens (primary N) is 1. The number of carbonyl (C=O) groups excluding carboxylic acids is 1. The molecule has 3 saturated heterocycles. The number of nitrogens with one attached hydrogen (secondary N) is 1. The predicted octanol–water partition coefficient (Wildman–Crippen LogP) is 0.153. The molecule has 3 rings (SSSR count). The average Bonchev–Trinajstić information content (AvgIpc) is 2.85. The molecule has 5 nitrogen and oxygen atoms in total. The molecule has 0 aromatic rings. The summed E-state index contributed by atoms with van der Waals surface area (Å²) in [5, 5.41) is 3.28. The van der Waals surface area contributed by atoms with Crippen LogP contribution in [0.3, 0.4) is 0 Å². The Hall–Kier alpha value is -0.650. The number of hydrogen-bond acceptors (Lipinski definition) is 4. The minimum atomic E-state index is 0.206. The monoisotopic (exact) mass is 280 g/mol. The van der Waals surface area contributed by atoms with Gasteiger partial charge >= 0.3 is 0 Å². The van der Waals surface area contributed by atoms with Crippen molar-refractivity contribution in [3.05, 3.63) is 0 Å². The first-order valence-electron chi connectivity index (χ1n) is 8.24. The smallest absolute Gasteiger partial charge is 0.234 e. The molecule has 3 aliphatic rings. The topological polar surface area (TPSA) is 61.6 Å². The molecular formula is C15H28N4O. The highest BCUT2D eigenvalue weighted by Gasteiger charge is 2.36. The Labute approximate surface area is 121 Å². The van der Waals surface area contributed by atoms with Gasteiger partial charge in [-0.1, -0.05) is 6.42 Å². The molecule has 3 fully saturated rings. The first-order chi connectivity index (χ1) is 9.72. The fourth-order valence-corrected chi connectivity index (χ4v) is 3.98. The van der Waals surface area contributed by atoms with Crippen LogP contribution in [-0.2, 0) is 4.79 Å². The van der Waals surface area contributed by atoms with Crippen molar-refractivity contribution >= 4 is 5.91 Å². The molecule has 0 aromatic carbocycles. The lowest BCUT2D eigenvalue weighted by atomic mass is 9.99. The minimum absolute atomic E-state index is 0.206. The van der Waals surface area contributed by atoms with Gasteiger partial charge in [0.1, 0.15) is 0 Å². The highest BCUT2D eigenvalue weighted by Crippen LogP contribution is 2.27. The Morgan fingerprint density at radius 3 is 2.65 bits per heavy atom. The summed E-state index contributed by atoms with van der Waals surface area (Å²) in [4.78, 5) is 17.0. The average molecular weight is 280 g/mol. The molecule has 5 heteroatoms. The lowest BCUT2D eigenvalue weighted by molar-refractivity contribution is -0.123. The second-order valence-electron chi connectivity index (χ2n) is 6.68. The van der Waals surface area contributed by atoms with Crippen LogP contribution < -0.4 is 11.1 Å². The lowest BCUT2D eigenvalue weighted by Crippen LogP contribution is -2.50. The van der Waals surface area contributed by atoms with Gasteiger partial charge in [-0.05, 0) is 38.6 Å². The summed E-state index contributed by atoms with van der Waals surface area (Å²) >= 11 is 0. The normalized spacial score (nSPS) is 33.0. The van der Waals surface area contributed by atoms with Crippen LogP contribution in [0.4, 0.5) is 0 Å². The van der Waals surface area contributed by atoms with Gasteiger partial charge in [0, 0.05) is 37.8 Å². The molecule has 1 amide bonds. The van der Waals surface area contributed by atoms with Crippen molar-refractivity contribution in [2.75, 3.05) is 32.7 Å². The Kier molecular flexibility index (Phi) is 4.58. The number of hydrogen-bond donors (Lipinski definition) is 2. The fraction of sp³-hybridized carbons (Fsp3) is 0.933. The van der Waals surface area contributed by atoms with Crippen molar-refractivity contribution in [2.45, 2.75) is 56.7 Å². The molecule has 0 aliphatic carbocycles. The van der Waals surface area contributed by atoms with Crippen LogP contribution in [-0.4, -0.2) is 66.6 Å². The molecule has 0 aromatic heterocycles. The first kappa shape index (κ1) is 14.3. The van der Waals surface area contributed by atoms with Crippen LogP contribution in [0.25, 0.3) is 0 Å². The van der Waals surface area contributed by atoms with E-state index in [9.17, 15) is 4.79 Å². The lowest BCUT2D eigenvalue weighted by Gasteiger charge is -2.33. The maximum Gasteiger partial charge on any atom is 0.234 e. The second-order valence-corrected chi connectivity index (χ2v) is 6.68. The van der Waals surface area contributed by atoms with Crippen LogP contribution in [0.5, 0.6) is 0 Å². The molecule has 3 aliphatic heterocycles. The van der Waals surface area contributed by atoms with Gasteiger partial charge in [0.05, 0.1) is 6.54 Å². The molecule has 3 heterocycles. The van der Waals surface area contributed by atoms with Gasteiger partial charge < -0.3 is 11.1 Å². The van der Waals surface area contributed by atoms with Crippen LogP contribution in [0.2, 0.25) is 0 Å². The number of piperidine rings is 2. The summed E-state index contributed by atoms with van der Waals surface area (Å²) in [7, 11) is 0. The molecule has 114 valence electrons. The molecule has 2 atom stereocenters. The summed E-state index contributed by atoms with van der Waals surface area (Å²) < 4.78 is 0. The van der Waals surface area contributed by atoms with Crippen molar-refractivity contribution in [3.8, 4) is 0 Å². The van der Waals surface area contributed by atoms with Crippen LogP contribution in [0.15, 0.2) is 0 Å². The van der Waals surface area contributed by atoms with Gasteiger partial charge in [-0.15, -0.1) is 0 Å². The van der Waals surface area contributed by atoms with Gasteiger partial charge in [0.2, 0.25) is 5.91 Å². The standard InChI is InChI=1S/C15H28N4O/c16-12-4-8-18(9-5-12)11-15(20)17-13-6-10-19-7-2-1-3-14(13)19/h12-14H,1-11,16H2,(H,17,20). The van der Waals surface area contributed by atoms with Crippen molar-refractivity contribution in [2.24, 2.45) is 5.73 Å². The van der Waals surface area contributed by atoms with E-state index in [-0.39, 0.29) is 5.91 Å². The van der Waals surface area contributed by atoms with E-state index in [4.69, 9.17) is 5.73 Å². The van der Waals surface area contributed by atoms with Gasteiger partial charge in [0.25, 0.3) is 0 Å². The summed E-state index contributed by atoms with van der Waals surface area (Å²) in [5.41, 5.74) is 5.90. The van der Waals surface area contributed by atoms with Crippen LogP contribution >= 0.6 is 0 Å². The van der Waals surface area contributed by atoms with Gasteiger partial charge in [0.15, 0.2) is 0 Å². The van der Waals surface area contributed by atoms with Crippen molar-refractivity contribution < 1.29 is 4.79 Å². The maximum absolute atomic E-state index is 12.2. The van der Waals surface area contributed by atoms with E-state index in [2.05, 4.69) is 15.1 Å². The molecule has 0 radical (unpaired) electrons. The van der Waals surface area contributed by atoms with Crippen molar-refractivity contribution in [1.82, 2.24) is 15.1 Å². The zero-order valence-electron chi connectivity index (χ0n) is 12.4. The fourth-order valence-electron chi connectivity index (χ4n) is 3.98. The van der Waals surface area contributed by atoms with Crippen molar-refractivity contribution in [1.29, 1.82) is 0 Å². The van der Waals surface area contributed by atoms with Crippen molar-refractivity contribution in [3.63, 3.8) is 0 Å². The largest absolute Gasteiger partial charge is 0.351 e. The number of fused-ring (bicyclic) bond motifs is 1. The Morgan fingerprint density at radius 2 is 1.85 bits per heavy atom.